The fourth-order valence-corrected chi connectivity index (χ4v) is 3.80. The molecule has 0 N–H and O–H groups in total. The summed E-state index contributed by atoms with van der Waals surface area (Å²) in [5.41, 5.74) is 7.46. The maximum Gasteiger partial charge on any atom is 0.141 e. The van der Waals surface area contributed by atoms with E-state index < -0.39 is 0 Å². The third-order valence-corrected chi connectivity index (χ3v) is 5.47. The molecule has 5 rings (SSSR count). The number of ketones is 1. The van der Waals surface area contributed by atoms with Gasteiger partial charge in [-0.2, -0.15) is 0 Å². The Morgan fingerprint density at radius 1 is 0.667 bits per heavy atom. The van der Waals surface area contributed by atoms with E-state index in [9.17, 15) is 4.79 Å². The molecule has 2 aromatic carbocycles. The van der Waals surface area contributed by atoms with Crippen molar-refractivity contribution in [3.63, 3.8) is 0 Å². The van der Waals surface area contributed by atoms with Crippen LogP contribution in [0, 0.1) is 6.92 Å². The van der Waals surface area contributed by atoms with Gasteiger partial charge in [-0.3, -0.25) is 14.8 Å². The van der Waals surface area contributed by atoms with E-state index in [0.717, 1.165) is 33.5 Å². The van der Waals surface area contributed by atoms with Crippen LogP contribution in [0.3, 0.4) is 0 Å². The molecule has 0 aliphatic carbocycles. The zero-order valence-electron chi connectivity index (χ0n) is 18.3. The highest BCUT2D eigenvalue weighted by molar-refractivity contribution is 5.87. The summed E-state index contributed by atoms with van der Waals surface area (Å²) < 4.78 is 0. The van der Waals surface area contributed by atoms with Gasteiger partial charge in [-0.05, 0) is 54.4 Å². The lowest BCUT2D eigenvalue weighted by molar-refractivity contribution is -0.117. The number of carbonyl (C=O) groups is 1. The fourth-order valence-electron chi connectivity index (χ4n) is 3.80. The Bertz CT molecular complexity index is 1420. The number of aryl methyl sites for hydroxylation is 1. The molecule has 5 aromatic rings. The van der Waals surface area contributed by atoms with Gasteiger partial charge in [-0.25, -0.2) is 9.97 Å². The minimum atomic E-state index is 0.168. The maximum absolute atomic E-state index is 12.7. The summed E-state index contributed by atoms with van der Waals surface area (Å²) in [7, 11) is 0. The van der Waals surface area contributed by atoms with E-state index >= 15 is 0 Å². The van der Waals surface area contributed by atoms with Gasteiger partial charge >= 0.3 is 0 Å². The summed E-state index contributed by atoms with van der Waals surface area (Å²) in [6, 6.07) is 25.3. The number of fused-ring (bicyclic) bond motifs is 1. The van der Waals surface area contributed by atoms with Crippen molar-refractivity contribution in [3.8, 4) is 22.8 Å². The Kier molecular flexibility index (Phi) is 5.68. The predicted octanol–water partition coefficient (Wildman–Crippen LogP) is 5.42. The summed E-state index contributed by atoms with van der Waals surface area (Å²) in [6.45, 7) is 2.04. The first-order valence-electron chi connectivity index (χ1n) is 10.9. The summed E-state index contributed by atoms with van der Waals surface area (Å²) in [5, 5.41) is 0. The number of hydrogen-bond donors (Lipinski definition) is 0. The standard InChI is InChI=1S/C28H22N4O/c1-19-8-10-20(11-9-19)16-22(33)17-21-12-13-23-26(18-21)32-28(25-7-3-5-15-30-25)27(31-23)24-6-2-4-14-29-24/h2-15,18H,16-17H2,1H3. The Morgan fingerprint density at radius 3 is 1.85 bits per heavy atom. The van der Waals surface area contributed by atoms with Crippen LogP contribution in [-0.4, -0.2) is 25.7 Å². The molecule has 0 bridgehead atoms. The highest BCUT2D eigenvalue weighted by Gasteiger charge is 2.15. The minimum Gasteiger partial charge on any atom is -0.299 e. The molecule has 0 spiro atoms. The van der Waals surface area contributed by atoms with Crippen molar-refractivity contribution in [2.45, 2.75) is 19.8 Å². The Morgan fingerprint density at radius 2 is 1.24 bits per heavy atom. The van der Waals surface area contributed by atoms with Crippen LogP contribution < -0.4 is 0 Å². The van der Waals surface area contributed by atoms with E-state index in [4.69, 9.17) is 9.97 Å². The molecule has 0 radical (unpaired) electrons. The summed E-state index contributed by atoms with van der Waals surface area (Å²) in [4.78, 5) is 31.4. The number of rotatable bonds is 6. The van der Waals surface area contributed by atoms with Crippen molar-refractivity contribution in [3.05, 3.63) is 108 Å². The number of aromatic nitrogens is 4. The smallest absolute Gasteiger partial charge is 0.141 e. The van der Waals surface area contributed by atoms with Gasteiger partial charge in [-0.15, -0.1) is 0 Å². The first-order chi connectivity index (χ1) is 16.2. The topological polar surface area (TPSA) is 68.6 Å². The van der Waals surface area contributed by atoms with Crippen LogP contribution in [0.15, 0.2) is 91.3 Å². The average Bonchev–Trinajstić information content (AvgIpc) is 2.85. The van der Waals surface area contributed by atoms with Gasteiger partial charge in [0.05, 0.1) is 22.4 Å². The van der Waals surface area contributed by atoms with Crippen LogP contribution in [0.4, 0.5) is 0 Å². The molecular weight excluding hydrogens is 408 g/mol. The van der Waals surface area contributed by atoms with E-state index in [-0.39, 0.29) is 5.78 Å². The molecule has 0 unspecified atom stereocenters. The van der Waals surface area contributed by atoms with Crippen molar-refractivity contribution in [1.29, 1.82) is 0 Å². The van der Waals surface area contributed by atoms with Gasteiger partial charge in [0.15, 0.2) is 0 Å². The van der Waals surface area contributed by atoms with Crippen LogP contribution in [-0.2, 0) is 17.6 Å². The molecule has 0 amide bonds. The van der Waals surface area contributed by atoms with E-state index in [1.165, 1.54) is 5.56 Å². The molecule has 0 atom stereocenters. The largest absolute Gasteiger partial charge is 0.299 e. The molecular formula is C28H22N4O. The third kappa shape index (κ3) is 4.67. The average molecular weight is 431 g/mol. The lowest BCUT2D eigenvalue weighted by Gasteiger charge is -2.10. The SMILES string of the molecule is Cc1ccc(CC(=O)Cc2ccc3nc(-c4ccccn4)c(-c4ccccn4)nc3c2)cc1. The zero-order chi connectivity index (χ0) is 22.6. The van der Waals surface area contributed by atoms with Crippen LogP contribution in [0.1, 0.15) is 16.7 Å². The van der Waals surface area contributed by atoms with Crippen molar-refractivity contribution in [2.75, 3.05) is 0 Å². The Hall–Kier alpha value is -4.25. The van der Waals surface area contributed by atoms with Gasteiger partial charge in [0.25, 0.3) is 0 Å². The van der Waals surface area contributed by atoms with Gasteiger partial charge in [0.2, 0.25) is 0 Å². The van der Waals surface area contributed by atoms with Crippen LogP contribution in [0.2, 0.25) is 0 Å². The van der Waals surface area contributed by atoms with Gasteiger partial charge < -0.3 is 0 Å². The summed E-state index contributed by atoms with van der Waals surface area (Å²) in [5.74, 6) is 0.168. The number of pyridine rings is 2. The Labute approximate surface area is 192 Å². The van der Waals surface area contributed by atoms with E-state index in [1.807, 2.05) is 85.8 Å². The quantitative estimate of drug-likeness (QED) is 0.360. The van der Waals surface area contributed by atoms with Crippen LogP contribution in [0.5, 0.6) is 0 Å². The monoisotopic (exact) mass is 430 g/mol. The van der Waals surface area contributed by atoms with Crippen molar-refractivity contribution < 1.29 is 4.79 Å². The molecule has 160 valence electrons. The molecule has 3 aromatic heterocycles. The van der Waals surface area contributed by atoms with Crippen LogP contribution in [0.25, 0.3) is 33.8 Å². The molecule has 5 heteroatoms. The van der Waals surface area contributed by atoms with Crippen molar-refractivity contribution in [2.24, 2.45) is 0 Å². The molecule has 3 heterocycles. The first-order valence-corrected chi connectivity index (χ1v) is 10.9. The maximum atomic E-state index is 12.7. The molecule has 0 fully saturated rings. The molecule has 0 aliphatic rings. The summed E-state index contributed by atoms with van der Waals surface area (Å²) in [6.07, 6.45) is 4.25. The number of Topliss-reactive ketones (excluding diaryl/α,β-unsaturated/α-hetero) is 1. The number of benzene rings is 2. The normalized spacial score (nSPS) is 10.9. The highest BCUT2D eigenvalue weighted by atomic mass is 16.1. The van der Waals surface area contributed by atoms with E-state index in [2.05, 4.69) is 9.97 Å². The molecule has 5 nitrogen and oxygen atoms in total. The highest BCUT2D eigenvalue weighted by Crippen LogP contribution is 2.29. The lowest BCUT2D eigenvalue weighted by atomic mass is 10.0. The zero-order valence-corrected chi connectivity index (χ0v) is 18.3. The van der Waals surface area contributed by atoms with Crippen molar-refractivity contribution >= 4 is 16.8 Å². The molecule has 0 saturated heterocycles. The van der Waals surface area contributed by atoms with Crippen LogP contribution >= 0.6 is 0 Å². The second-order valence-electron chi connectivity index (χ2n) is 8.05. The fraction of sp³-hybridized carbons (Fsp3) is 0.107. The first kappa shape index (κ1) is 20.6. The molecule has 33 heavy (non-hydrogen) atoms. The number of nitrogens with zero attached hydrogens (tertiary/aromatic N) is 4. The minimum absolute atomic E-state index is 0.168. The predicted molar refractivity (Wildman–Crippen MR) is 130 cm³/mol. The summed E-state index contributed by atoms with van der Waals surface area (Å²) >= 11 is 0. The molecule has 0 saturated carbocycles. The van der Waals surface area contributed by atoms with Gasteiger partial charge in [0, 0.05) is 25.2 Å². The number of carbonyl (C=O) groups excluding carboxylic acids is 1. The number of hydrogen-bond acceptors (Lipinski definition) is 5. The second-order valence-corrected chi connectivity index (χ2v) is 8.05. The lowest BCUT2D eigenvalue weighted by Crippen LogP contribution is -2.07. The molecule has 0 aliphatic heterocycles. The Balaban J connectivity index is 1.50. The van der Waals surface area contributed by atoms with E-state index in [1.54, 1.807) is 12.4 Å². The van der Waals surface area contributed by atoms with E-state index in [0.29, 0.717) is 24.2 Å². The third-order valence-electron chi connectivity index (χ3n) is 5.47. The van der Waals surface area contributed by atoms with Crippen molar-refractivity contribution in [1.82, 2.24) is 19.9 Å². The second kappa shape index (κ2) is 9.09. The van der Waals surface area contributed by atoms with Gasteiger partial charge in [0.1, 0.15) is 17.2 Å². The van der Waals surface area contributed by atoms with Gasteiger partial charge in [-0.1, -0.05) is 48.0 Å².